The smallest absolute Gasteiger partial charge is 0.305 e. The Labute approximate surface area is 179 Å². The van der Waals surface area contributed by atoms with E-state index in [0.717, 1.165) is 17.5 Å². The number of ether oxygens (including phenoxy) is 1. The zero-order valence-electron chi connectivity index (χ0n) is 17.5. The Morgan fingerprint density at radius 3 is 2.40 bits per heavy atom. The van der Waals surface area contributed by atoms with Crippen molar-refractivity contribution in [2.75, 3.05) is 6.61 Å². The molecule has 2 aromatic carbocycles. The largest absolute Gasteiger partial charge is 0.466 e. The zero-order valence-corrected chi connectivity index (χ0v) is 18.4. The van der Waals surface area contributed by atoms with Crippen LogP contribution >= 0.6 is 0 Å². The van der Waals surface area contributed by atoms with Crippen molar-refractivity contribution in [2.45, 2.75) is 62.8 Å². The van der Waals surface area contributed by atoms with E-state index in [2.05, 4.69) is 4.72 Å². The highest BCUT2D eigenvalue weighted by molar-refractivity contribution is 7.89. The average Bonchev–Trinajstić information content (AvgIpc) is 3.26. The molecule has 0 aliphatic heterocycles. The summed E-state index contributed by atoms with van der Waals surface area (Å²) in [5, 5.41) is 0. The standard InChI is InChI=1S/C24H31NO4S/c1-19-11-14-22(15-12-19)30(27,28)25-23(21-9-3-2-4-10-21)17-18-29-24(26)16-13-20-7-5-6-8-20/h2-4,9-12,14-15,20,23,25H,5-8,13,16-18H2,1H3. The second kappa shape index (κ2) is 10.7. The Hall–Kier alpha value is -2.18. The highest BCUT2D eigenvalue weighted by atomic mass is 32.2. The van der Waals surface area contributed by atoms with Crippen molar-refractivity contribution in [3.8, 4) is 0 Å². The minimum Gasteiger partial charge on any atom is -0.466 e. The molecule has 5 nitrogen and oxygen atoms in total. The van der Waals surface area contributed by atoms with E-state index in [1.54, 1.807) is 24.3 Å². The van der Waals surface area contributed by atoms with Crippen LogP contribution in [0, 0.1) is 12.8 Å². The number of aryl methyl sites for hydroxylation is 1. The van der Waals surface area contributed by atoms with Gasteiger partial charge >= 0.3 is 5.97 Å². The van der Waals surface area contributed by atoms with Gasteiger partial charge in [-0.05, 0) is 37.0 Å². The van der Waals surface area contributed by atoms with Crippen LogP contribution in [0.15, 0.2) is 59.5 Å². The predicted molar refractivity (Wildman–Crippen MR) is 117 cm³/mol. The van der Waals surface area contributed by atoms with E-state index >= 15 is 0 Å². The lowest BCUT2D eigenvalue weighted by atomic mass is 10.0. The van der Waals surface area contributed by atoms with E-state index in [0.29, 0.717) is 18.8 Å². The van der Waals surface area contributed by atoms with Crippen molar-refractivity contribution < 1.29 is 17.9 Å². The summed E-state index contributed by atoms with van der Waals surface area (Å²) in [6.45, 7) is 2.09. The molecule has 1 saturated carbocycles. The topological polar surface area (TPSA) is 72.5 Å². The molecule has 1 unspecified atom stereocenters. The molecule has 0 radical (unpaired) electrons. The van der Waals surface area contributed by atoms with Crippen LogP contribution in [-0.4, -0.2) is 21.0 Å². The van der Waals surface area contributed by atoms with Gasteiger partial charge < -0.3 is 4.74 Å². The Bertz CT molecular complexity index is 904. The van der Waals surface area contributed by atoms with E-state index in [4.69, 9.17) is 4.74 Å². The highest BCUT2D eigenvalue weighted by Gasteiger charge is 2.22. The SMILES string of the molecule is Cc1ccc(S(=O)(=O)NC(CCOC(=O)CCC2CCCC2)c2ccccc2)cc1. The molecule has 1 aliphatic rings. The van der Waals surface area contributed by atoms with Gasteiger partial charge in [0.15, 0.2) is 0 Å². The number of sulfonamides is 1. The fraction of sp³-hybridized carbons (Fsp3) is 0.458. The monoisotopic (exact) mass is 429 g/mol. The second-order valence-corrected chi connectivity index (χ2v) is 9.81. The molecule has 30 heavy (non-hydrogen) atoms. The third-order valence-corrected chi connectivity index (χ3v) is 7.22. The molecule has 0 aromatic heterocycles. The Kier molecular flexibility index (Phi) is 8.05. The van der Waals surface area contributed by atoms with E-state index in [-0.39, 0.29) is 17.5 Å². The maximum atomic E-state index is 12.9. The summed E-state index contributed by atoms with van der Waals surface area (Å²) in [6.07, 6.45) is 6.66. The molecule has 3 rings (SSSR count). The molecule has 2 aromatic rings. The first-order chi connectivity index (χ1) is 14.4. The summed E-state index contributed by atoms with van der Waals surface area (Å²) in [7, 11) is -3.69. The first-order valence-electron chi connectivity index (χ1n) is 10.7. The molecule has 1 N–H and O–H groups in total. The van der Waals surface area contributed by atoms with Crippen LogP contribution in [0.25, 0.3) is 0 Å². The number of hydrogen-bond donors (Lipinski definition) is 1. The predicted octanol–water partition coefficient (Wildman–Crippen LogP) is 4.92. The molecule has 0 saturated heterocycles. The third-order valence-electron chi connectivity index (χ3n) is 5.73. The van der Waals surface area contributed by atoms with Crippen LogP contribution < -0.4 is 4.72 Å². The van der Waals surface area contributed by atoms with Gasteiger partial charge in [0, 0.05) is 12.8 Å². The van der Waals surface area contributed by atoms with Gasteiger partial charge in [-0.3, -0.25) is 4.79 Å². The number of benzene rings is 2. The minimum absolute atomic E-state index is 0.180. The first-order valence-corrected chi connectivity index (χ1v) is 12.2. The van der Waals surface area contributed by atoms with Gasteiger partial charge in [0.2, 0.25) is 10.0 Å². The molecule has 0 amide bonds. The third kappa shape index (κ3) is 6.67. The van der Waals surface area contributed by atoms with Crippen LogP contribution in [0.3, 0.4) is 0 Å². The van der Waals surface area contributed by atoms with Crippen molar-refractivity contribution in [2.24, 2.45) is 5.92 Å². The van der Waals surface area contributed by atoms with E-state index in [1.807, 2.05) is 37.3 Å². The van der Waals surface area contributed by atoms with Crippen LogP contribution in [0.4, 0.5) is 0 Å². The molecule has 0 bridgehead atoms. The zero-order chi connectivity index (χ0) is 21.4. The van der Waals surface area contributed by atoms with Crippen molar-refractivity contribution >= 4 is 16.0 Å². The Morgan fingerprint density at radius 2 is 1.73 bits per heavy atom. The van der Waals surface area contributed by atoms with Gasteiger partial charge in [-0.25, -0.2) is 13.1 Å². The Morgan fingerprint density at radius 1 is 1.07 bits per heavy atom. The van der Waals surface area contributed by atoms with Gasteiger partial charge in [-0.15, -0.1) is 0 Å². The maximum absolute atomic E-state index is 12.9. The lowest BCUT2D eigenvalue weighted by Gasteiger charge is -2.19. The summed E-state index contributed by atoms with van der Waals surface area (Å²) in [6, 6.07) is 15.7. The maximum Gasteiger partial charge on any atom is 0.305 e. The molecule has 1 atom stereocenters. The summed E-state index contributed by atoms with van der Waals surface area (Å²) in [4.78, 5) is 12.3. The number of rotatable bonds is 10. The van der Waals surface area contributed by atoms with Crippen LogP contribution in [-0.2, 0) is 19.6 Å². The molecule has 1 fully saturated rings. The summed E-state index contributed by atoms with van der Waals surface area (Å²) in [5.74, 6) is 0.450. The fourth-order valence-electron chi connectivity index (χ4n) is 3.94. The van der Waals surface area contributed by atoms with Crippen LogP contribution in [0.5, 0.6) is 0 Å². The van der Waals surface area contributed by atoms with Gasteiger partial charge in [0.25, 0.3) is 0 Å². The number of carbonyl (C=O) groups is 1. The number of carbonyl (C=O) groups excluding carboxylic acids is 1. The number of nitrogens with one attached hydrogen (secondary N) is 1. The van der Waals surface area contributed by atoms with Crippen molar-refractivity contribution in [3.63, 3.8) is 0 Å². The molecular formula is C24H31NO4S. The fourth-order valence-corrected chi connectivity index (χ4v) is 5.19. The average molecular weight is 430 g/mol. The molecule has 0 spiro atoms. The molecule has 1 aliphatic carbocycles. The molecule has 6 heteroatoms. The second-order valence-electron chi connectivity index (χ2n) is 8.10. The quantitative estimate of drug-likeness (QED) is 0.544. The van der Waals surface area contributed by atoms with Gasteiger partial charge in [-0.1, -0.05) is 73.7 Å². The summed E-state index contributed by atoms with van der Waals surface area (Å²) < 4.78 is 33.9. The van der Waals surface area contributed by atoms with E-state index in [1.165, 1.54) is 25.7 Å². The molecule has 0 heterocycles. The summed E-state index contributed by atoms with van der Waals surface area (Å²) in [5.41, 5.74) is 1.84. The molecule has 162 valence electrons. The van der Waals surface area contributed by atoms with Crippen molar-refractivity contribution in [1.29, 1.82) is 0 Å². The van der Waals surface area contributed by atoms with Gasteiger partial charge in [-0.2, -0.15) is 0 Å². The van der Waals surface area contributed by atoms with Gasteiger partial charge in [0.1, 0.15) is 0 Å². The van der Waals surface area contributed by atoms with Crippen LogP contribution in [0.2, 0.25) is 0 Å². The Balaban J connectivity index is 1.59. The summed E-state index contributed by atoms with van der Waals surface area (Å²) >= 11 is 0. The van der Waals surface area contributed by atoms with Crippen LogP contribution in [0.1, 0.15) is 62.1 Å². The van der Waals surface area contributed by atoms with Gasteiger partial charge in [0.05, 0.1) is 17.5 Å². The lowest BCUT2D eigenvalue weighted by Crippen LogP contribution is -2.29. The van der Waals surface area contributed by atoms with E-state index < -0.39 is 16.1 Å². The minimum atomic E-state index is -3.69. The van der Waals surface area contributed by atoms with E-state index in [9.17, 15) is 13.2 Å². The highest BCUT2D eigenvalue weighted by Crippen LogP contribution is 2.28. The number of esters is 1. The normalized spacial score (nSPS) is 15.8. The lowest BCUT2D eigenvalue weighted by molar-refractivity contribution is -0.144. The first kappa shape index (κ1) is 22.5. The number of hydrogen-bond acceptors (Lipinski definition) is 4. The van der Waals surface area contributed by atoms with Crippen molar-refractivity contribution in [1.82, 2.24) is 4.72 Å². The van der Waals surface area contributed by atoms with Crippen molar-refractivity contribution in [3.05, 3.63) is 65.7 Å². The molecular weight excluding hydrogens is 398 g/mol.